The van der Waals surface area contributed by atoms with Crippen molar-refractivity contribution in [2.75, 3.05) is 9.80 Å². The Bertz CT molecular complexity index is 3480. The number of fused-ring (bicyclic) bond motifs is 10. The molecule has 9 aromatic carbocycles. The van der Waals surface area contributed by atoms with Gasteiger partial charge in [0.25, 0.3) is 6.71 Å². The van der Waals surface area contributed by atoms with Crippen molar-refractivity contribution in [1.29, 1.82) is 0 Å². The summed E-state index contributed by atoms with van der Waals surface area (Å²) in [5.41, 5.74) is 18.7. The first kappa shape index (κ1) is 40.0. The van der Waals surface area contributed by atoms with Crippen molar-refractivity contribution in [2.24, 2.45) is 0 Å². The summed E-state index contributed by atoms with van der Waals surface area (Å²) in [6.07, 6.45) is 0. The molecule has 2 aliphatic heterocycles. The van der Waals surface area contributed by atoms with Crippen LogP contribution >= 0.6 is 0 Å². The Hall–Kier alpha value is -7.32. The Labute approximate surface area is 395 Å². The molecular formula is C60H51BN4Si2. The first-order valence-corrected chi connectivity index (χ1v) is 30.7. The van der Waals surface area contributed by atoms with Gasteiger partial charge >= 0.3 is 0 Å². The van der Waals surface area contributed by atoms with Crippen molar-refractivity contribution in [3.63, 3.8) is 0 Å². The van der Waals surface area contributed by atoms with Crippen LogP contribution in [0.25, 0.3) is 55.0 Å². The molecule has 11 aromatic rings. The first-order valence-electron chi connectivity index (χ1n) is 23.7. The number of nitrogens with zero attached hydrogens (tertiary/aromatic N) is 4. The van der Waals surface area contributed by atoms with Crippen LogP contribution in [0.15, 0.2) is 200 Å². The maximum atomic E-state index is 2.63. The fourth-order valence-electron chi connectivity index (χ4n) is 11.7. The van der Waals surface area contributed by atoms with Gasteiger partial charge in [0.1, 0.15) is 0 Å². The lowest BCUT2D eigenvalue weighted by Gasteiger charge is -2.45. The molecule has 7 heteroatoms. The third-order valence-electron chi connectivity index (χ3n) is 14.5. The van der Waals surface area contributed by atoms with E-state index in [4.69, 9.17) is 0 Å². The molecule has 67 heavy (non-hydrogen) atoms. The molecule has 2 aromatic heterocycles. The second-order valence-electron chi connectivity index (χ2n) is 20.6. The highest BCUT2D eigenvalue weighted by Gasteiger charge is 2.45. The highest BCUT2D eigenvalue weighted by Crippen LogP contribution is 2.46. The summed E-state index contributed by atoms with van der Waals surface area (Å²) in [7, 11) is -3.70. The highest BCUT2D eigenvalue weighted by atomic mass is 28.3. The Balaban J connectivity index is 1.13. The molecule has 0 unspecified atom stereocenters. The van der Waals surface area contributed by atoms with Crippen LogP contribution in [0.3, 0.4) is 0 Å². The van der Waals surface area contributed by atoms with E-state index in [-0.39, 0.29) is 6.71 Å². The van der Waals surface area contributed by atoms with E-state index in [9.17, 15) is 0 Å². The van der Waals surface area contributed by atoms with Crippen LogP contribution in [0, 0.1) is 0 Å². The molecule has 0 atom stereocenters. The number of rotatable bonds is 6. The first-order chi connectivity index (χ1) is 32.6. The van der Waals surface area contributed by atoms with Crippen molar-refractivity contribution < 1.29 is 0 Å². The second kappa shape index (κ2) is 14.6. The summed E-state index contributed by atoms with van der Waals surface area (Å²) in [6.45, 7) is 14.9. The predicted molar refractivity (Wildman–Crippen MR) is 295 cm³/mol. The van der Waals surface area contributed by atoms with E-state index in [1.54, 1.807) is 0 Å². The summed E-state index contributed by atoms with van der Waals surface area (Å²) in [4.78, 5) is 5.27. The molecule has 0 radical (unpaired) electrons. The maximum absolute atomic E-state index is 2.63. The van der Waals surface area contributed by atoms with Gasteiger partial charge in [0, 0.05) is 67.0 Å². The van der Waals surface area contributed by atoms with Crippen LogP contribution in [0.1, 0.15) is 0 Å². The molecule has 0 saturated heterocycles. The predicted octanol–water partition coefficient (Wildman–Crippen LogP) is 13.1. The SMILES string of the molecule is C[Si](C)(C)c1ccccc1N1c2cc(-n3c4ccccc4c4ccccc43)ccc2B2c3ccc(-n4c5ccccc5c5ccccc54)cc3N(c3ccccc3[Si](C)(C)C)c3cccc1c32. The Kier molecular flexibility index (Phi) is 8.71. The summed E-state index contributed by atoms with van der Waals surface area (Å²) in [5, 5.41) is 7.98. The van der Waals surface area contributed by atoms with E-state index >= 15 is 0 Å². The monoisotopic (exact) mass is 894 g/mol. The fourth-order valence-corrected chi connectivity index (χ4v) is 14.8. The lowest BCUT2D eigenvalue weighted by atomic mass is 9.33. The van der Waals surface area contributed by atoms with Gasteiger partial charge in [-0.15, -0.1) is 0 Å². The van der Waals surface area contributed by atoms with Crippen molar-refractivity contribution >= 4 is 127 Å². The van der Waals surface area contributed by atoms with Crippen molar-refractivity contribution in [3.05, 3.63) is 200 Å². The summed E-state index contributed by atoms with van der Waals surface area (Å²) in [5.74, 6) is 0. The summed E-state index contributed by atoms with van der Waals surface area (Å²) >= 11 is 0. The molecule has 0 fully saturated rings. The van der Waals surface area contributed by atoms with Crippen molar-refractivity contribution in [1.82, 2.24) is 9.13 Å². The van der Waals surface area contributed by atoms with Crippen molar-refractivity contribution in [2.45, 2.75) is 39.3 Å². The van der Waals surface area contributed by atoms with Gasteiger partial charge in [-0.05, 0) is 99.6 Å². The average Bonchev–Trinajstić information content (AvgIpc) is 3.86. The minimum atomic E-state index is -1.85. The van der Waals surface area contributed by atoms with Crippen LogP contribution in [-0.2, 0) is 0 Å². The van der Waals surface area contributed by atoms with E-state index in [1.807, 2.05) is 0 Å². The normalized spacial score (nSPS) is 13.4. The van der Waals surface area contributed by atoms with E-state index in [0.29, 0.717) is 0 Å². The minimum absolute atomic E-state index is 0.0128. The zero-order valence-corrected chi connectivity index (χ0v) is 40.9. The zero-order valence-electron chi connectivity index (χ0n) is 38.9. The number of hydrogen-bond donors (Lipinski definition) is 0. The lowest BCUT2D eigenvalue weighted by molar-refractivity contribution is 1.17. The van der Waals surface area contributed by atoms with Gasteiger partial charge in [-0.25, -0.2) is 0 Å². The van der Waals surface area contributed by atoms with Gasteiger partial charge in [-0.1, -0.05) is 167 Å². The van der Waals surface area contributed by atoms with Crippen LogP contribution in [0.5, 0.6) is 0 Å². The largest absolute Gasteiger partial charge is 0.311 e. The van der Waals surface area contributed by atoms with Gasteiger partial charge in [0.15, 0.2) is 0 Å². The molecule has 4 heterocycles. The Morgan fingerprint density at radius 3 is 1.01 bits per heavy atom. The smallest absolute Gasteiger partial charge is 0.252 e. The standard InChI is InChI=1S/C60H51BN4Si2/c1-66(2,3)58-32-17-15-28-52(58)64-54-30-19-31-55-60(54)61(46-36-34-40(38-56(46)64)62-48-24-11-7-20-42(48)43-21-8-12-25-49(43)62)47-37-35-41(39-57(47)65(55)53-29-16-18-33-59(53)67(4,5)6)63-50-26-13-9-22-44(50)45-23-10-14-27-51(45)63/h7-39H,1-6H3. The van der Waals surface area contributed by atoms with Gasteiger partial charge < -0.3 is 18.9 Å². The molecule has 4 nitrogen and oxygen atoms in total. The lowest BCUT2D eigenvalue weighted by Crippen LogP contribution is -2.62. The molecule has 322 valence electrons. The Morgan fingerprint density at radius 1 is 0.313 bits per heavy atom. The quantitative estimate of drug-likeness (QED) is 0.155. The molecule has 0 spiro atoms. The molecule has 0 amide bonds. The van der Waals surface area contributed by atoms with E-state index in [2.05, 4.69) is 258 Å². The summed E-state index contributed by atoms with van der Waals surface area (Å²) in [6, 6.07) is 75.7. The second-order valence-corrected chi connectivity index (χ2v) is 30.7. The van der Waals surface area contributed by atoms with Gasteiger partial charge in [-0.2, -0.15) is 0 Å². The average molecular weight is 895 g/mol. The van der Waals surface area contributed by atoms with Gasteiger partial charge in [0.05, 0.1) is 38.2 Å². The van der Waals surface area contributed by atoms with Crippen molar-refractivity contribution in [3.8, 4) is 11.4 Å². The van der Waals surface area contributed by atoms with Gasteiger partial charge in [-0.3, -0.25) is 0 Å². The maximum Gasteiger partial charge on any atom is 0.252 e. The number of benzene rings is 9. The van der Waals surface area contributed by atoms with E-state index < -0.39 is 16.1 Å². The third kappa shape index (κ3) is 5.90. The molecule has 2 aliphatic rings. The number of para-hydroxylation sites is 6. The molecular weight excluding hydrogens is 844 g/mol. The fraction of sp³-hybridized carbons (Fsp3) is 0.100. The Morgan fingerprint density at radius 2 is 0.642 bits per heavy atom. The van der Waals surface area contributed by atoms with Crippen LogP contribution in [0.4, 0.5) is 34.1 Å². The van der Waals surface area contributed by atoms with Crippen LogP contribution in [0.2, 0.25) is 39.3 Å². The topological polar surface area (TPSA) is 16.3 Å². The number of aromatic nitrogens is 2. The molecule has 0 saturated carbocycles. The molecule has 0 aliphatic carbocycles. The number of anilines is 6. The van der Waals surface area contributed by atoms with Gasteiger partial charge in [0.2, 0.25) is 0 Å². The van der Waals surface area contributed by atoms with Crippen LogP contribution < -0.4 is 36.6 Å². The van der Waals surface area contributed by atoms with E-state index in [0.717, 1.165) is 11.4 Å². The molecule has 13 rings (SSSR count). The van der Waals surface area contributed by atoms with E-state index in [1.165, 1.54) is 104 Å². The number of hydrogen-bond acceptors (Lipinski definition) is 2. The minimum Gasteiger partial charge on any atom is -0.311 e. The molecule has 0 bridgehead atoms. The molecule has 0 N–H and O–H groups in total. The highest BCUT2D eigenvalue weighted by molar-refractivity contribution is 7.00. The summed E-state index contributed by atoms with van der Waals surface area (Å²) < 4.78 is 4.95. The van der Waals surface area contributed by atoms with Crippen LogP contribution in [-0.4, -0.2) is 32.0 Å². The third-order valence-corrected chi connectivity index (χ3v) is 18.6. The zero-order chi connectivity index (χ0) is 45.3.